The molecule has 2 amide bonds. The quantitative estimate of drug-likeness (QED) is 0.379. The second-order valence-corrected chi connectivity index (χ2v) is 22.9. The molecule has 1 saturated heterocycles. The predicted octanol–water partition coefficient (Wildman–Crippen LogP) is 6.19. The van der Waals surface area contributed by atoms with Crippen LogP contribution in [0.1, 0.15) is 78.6 Å². The van der Waals surface area contributed by atoms with Crippen molar-refractivity contribution in [2.24, 2.45) is 0 Å². The van der Waals surface area contributed by atoms with E-state index in [4.69, 9.17) is 13.3 Å². The first-order chi connectivity index (χ1) is 16.3. The molecule has 2 heterocycles. The van der Waals surface area contributed by atoms with Crippen molar-refractivity contribution in [2.45, 2.75) is 129 Å². The average molecular weight is 539 g/mol. The molecule has 1 aliphatic rings. The summed E-state index contributed by atoms with van der Waals surface area (Å²) in [5.74, 6) is -0.421. The van der Waals surface area contributed by atoms with Crippen molar-refractivity contribution in [1.29, 1.82) is 0 Å². The zero-order valence-electron chi connectivity index (χ0n) is 24.7. The molecule has 1 N–H and O–H groups in total. The number of hydrogen-bond donors (Lipinski definition) is 1. The highest BCUT2D eigenvalue weighted by molar-refractivity contribution is 6.74. The molecule has 9 heteroatoms. The van der Waals surface area contributed by atoms with E-state index in [2.05, 4.69) is 80.0 Å². The van der Waals surface area contributed by atoms with Crippen LogP contribution in [-0.4, -0.2) is 64.2 Å². The third-order valence-corrected chi connectivity index (χ3v) is 17.3. The van der Waals surface area contributed by atoms with Gasteiger partial charge in [0.2, 0.25) is 5.91 Å². The first-order valence-corrected chi connectivity index (χ1v) is 19.1. The fourth-order valence-electron chi connectivity index (χ4n) is 3.99. The molecule has 0 radical (unpaired) electrons. The van der Waals surface area contributed by atoms with Crippen molar-refractivity contribution in [3.63, 3.8) is 0 Å². The molecule has 36 heavy (non-hydrogen) atoms. The monoisotopic (exact) mass is 538 g/mol. The molecule has 0 bridgehead atoms. The lowest BCUT2D eigenvalue weighted by Crippen LogP contribution is -2.57. The Bertz CT molecular complexity index is 887. The van der Waals surface area contributed by atoms with E-state index in [0.717, 1.165) is 12.8 Å². The minimum absolute atomic E-state index is 0.00209. The van der Waals surface area contributed by atoms with Crippen LogP contribution in [0.2, 0.25) is 36.3 Å². The summed E-state index contributed by atoms with van der Waals surface area (Å²) in [6, 6.07) is 0.862. The summed E-state index contributed by atoms with van der Waals surface area (Å²) in [5.41, 5.74) is 0.424. The van der Waals surface area contributed by atoms with E-state index in [1.165, 1.54) is 12.5 Å². The Balaban J connectivity index is 2.57. The van der Waals surface area contributed by atoms with Crippen LogP contribution in [0, 0.1) is 0 Å². The SMILES string of the molecule is CCCC(C)NC(=O)C1[C@H](O[Si](C)(C)C(C)(C)C)[C@@H](O[Si](C)(C)C(C)(C)C)CN1C(=O)c1ccoc1. The number of carbonyl (C=O) groups is 2. The third-order valence-electron chi connectivity index (χ3n) is 8.29. The van der Waals surface area contributed by atoms with E-state index in [1.807, 2.05) is 6.92 Å². The first-order valence-electron chi connectivity index (χ1n) is 13.3. The molecule has 4 atom stereocenters. The third kappa shape index (κ3) is 6.91. The second-order valence-electron chi connectivity index (χ2n) is 13.4. The number of hydrogen-bond acceptors (Lipinski definition) is 5. The molecule has 0 aromatic carbocycles. The largest absolute Gasteiger partial charge is 0.472 e. The van der Waals surface area contributed by atoms with Crippen LogP contribution in [0.3, 0.4) is 0 Å². The van der Waals surface area contributed by atoms with Crippen molar-refractivity contribution < 1.29 is 22.9 Å². The molecule has 1 fully saturated rings. The zero-order valence-corrected chi connectivity index (χ0v) is 26.7. The molecule has 1 aliphatic heterocycles. The molecule has 7 nitrogen and oxygen atoms in total. The van der Waals surface area contributed by atoms with Crippen molar-refractivity contribution in [2.75, 3.05) is 6.54 Å². The molecule has 2 unspecified atom stereocenters. The highest BCUT2D eigenvalue weighted by Gasteiger charge is 2.55. The van der Waals surface area contributed by atoms with Crippen LogP contribution in [0.15, 0.2) is 23.0 Å². The van der Waals surface area contributed by atoms with Gasteiger partial charge in [0.1, 0.15) is 18.4 Å². The van der Waals surface area contributed by atoms with Crippen molar-refractivity contribution in [1.82, 2.24) is 10.2 Å². The molecule has 1 aromatic rings. The Hall–Kier alpha value is -1.43. The fourth-order valence-corrected chi connectivity index (χ4v) is 6.63. The average Bonchev–Trinajstić information content (AvgIpc) is 3.34. The van der Waals surface area contributed by atoms with Gasteiger partial charge in [-0.3, -0.25) is 9.59 Å². The van der Waals surface area contributed by atoms with Gasteiger partial charge in [-0.05, 0) is 55.7 Å². The molecule has 0 aliphatic carbocycles. The van der Waals surface area contributed by atoms with Gasteiger partial charge in [0.15, 0.2) is 16.6 Å². The number of likely N-dealkylation sites (tertiary alicyclic amines) is 1. The summed E-state index contributed by atoms with van der Waals surface area (Å²) >= 11 is 0. The van der Waals surface area contributed by atoms with Crippen LogP contribution < -0.4 is 5.32 Å². The number of rotatable bonds is 9. The summed E-state index contributed by atoms with van der Waals surface area (Å²) < 4.78 is 19.1. The molecular weight excluding hydrogens is 488 g/mol. The number of nitrogens with zero attached hydrogens (tertiary/aromatic N) is 1. The van der Waals surface area contributed by atoms with E-state index in [9.17, 15) is 9.59 Å². The van der Waals surface area contributed by atoms with Crippen molar-refractivity contribution >= 4 is 28.4 Å². The van der Waals surface area contributed by atoms with Crippen LogP contribution in [0.4, 0.5) is 0 Å². The van der Waals surface area contributed by atoms with Gasteiger partial charge in [0.05, 0.1) is 17.9 Å². The minimum atomic E-state index is -2.31. The molecule has 1 aromatic heterocycles. The van der Waals surface area contributed by atoms with E-state index >= 15 is 0 Å². The molecule has 0 spiro atoms. The lowest BCUT2D eigenvalue weighted by Gasteiger charge is -2.43. The molecule has 2 rings (SSSR count). The van der Waals surface area contributed by atoms with Gasteiger partial charge in [-0.1, -0.05) is 54.9 Å². The normalized spacial score (nSPS) is 22.6. The van der Waals surface area contributed by atoms with E-state index in [0.29, 0.717) is 12.1 Å². The van der Waals surface area contributed by atoms with E-state index < -0.39 is 34.9 Å². The second kappa shape index (κ2) is 11.1. The fraction of sp³-hybridized carbons (Fsp3) is 0.778. The maximum Gasteiger partial charge on any atom is 0.257 e. The van der Waals surface area contributed by atoms with Gasteiger partial charge in [-0.15, -0.1) is 0 Å². The van der Waals surface area contributed by atoms with Crippen molar-refractivity contribution in [3.8, 4) is 0 Å². The Labute approximate surface area is 220 Å². The molecular formula is C27H50N2O5Si2. The van der Waals surface area contributed by atoms with Gasteiger partial charge in [-0.2, -0.15) is 0 Å². The summed E-state index contributed by atoms with van der Waals surface area (Å²) in [5, 5.41) is 3.07. The van der Waals surface area contributed by atoms with Gasteiger partial charge in [0.25, 0.3) is 5.91 Å². The Morgan fingerprint density at radius 3 is 2.11 bits per heavy atom. The predicted molar refractivity (Wildman–Crippen MR) is 150 cm³/mol. The number of carbonyl (C=O) groups excluding carboxylic acids is 2. The van der Waals surface area contributed by atoms with Crippen LogP contribution >= 0.6 is 0 Å². The van der Waals surface area contributed by atoms with Gasteiger partial charge in [0, 0.05) is 12.6 Å². The van der Waals surface area contributed by atoms with Crippen LogP contribution in [-0.2, 0) is 13.6 Å². The Morgan fingerprint density at radius 1 is 1.08 bits per heavy atom. The number of amides is 2. The minimum Gasteiger partial charge on any atom is -0.472 e. The lowest BCUT2D eigenvalue weighted by atomic mass is 10.1. The summed E-state index contributed by atoms with van der Waals surface area (Å²) in [6.45, 7) is 26.3. The topological polar surface area (TPSA) is 81.0 Å². The van der Waals surface area contributed by atoms with E-state index in [-0.39, 0.29) is 27.9 Å². The summed E-state index contributed by atoms with van der Waals surface area (Å²) in [6.07, 6.45) is 3.80. The summed E-state index contributed by atoms with van der Waals surface area (Å²) in [7, 11) is -4.53. The highest BCUT2D eigenvalue weighted by atomic mass is 28.4. The van der Waals surface area contributed by atoms with Crippen LogP contribution in [0.5, 0.6) is 0 Å². The van der Waals surface area contributed by atoms with Gasteiger partial charge >= 0.3 is 0 Å². The van der Waals surface area contributed by atoms with Gasteiger partial charge < -0.3 is 23.5 Å². The highest BCUT2D eigenvalue weighted by Crippen LogP contribution is 2.43. The smallest absolute Gasteiger partial charge is 0.257 e. The van der Waals surface area contributed by atoms with Crippen molar-refractivity contribution in [3.05, 3.63) is 24.2 Å². The zero-order chi connectivity index (χ0) is 27.7. The van der Waals surface area contributed by atoms with Gasteiger partial charge in [-0.25, -0.2) is 0 Å². The molecule has 0 saturated carbocycles. The van der Waals surface area contributed by atoms with E-state index in [1.54, 1.807) is 11.0 Å². The number of furan rings is 1. The number of nitrogens with one attached hydrogen (secondary N) is 1. The maximum absolute atomic E-state index is 13.8. The van der Waals surface area contributed by atoms with Crippen LogP contribution in [0.25, 0.3) is 0 Å². The molecule has 206 valence electrons. The summed E-state index contributed by atoms with van der Waals surface area (Å²) in [4.78, 5) is 29.1. The maximum atomic E-state index is 13.8. The Kier molecular flexibility index (Phi) is 9.52. The first kappa shape index (κ1) is 30.8. The standard InChI is InChI=1S/C27H50N2O5Si2/c1-13-14-19(2)28-24(30)22-23(34-36(11,12)27(6,7)8)21(33-35(9,10)26(3,4)5)17-29(22)25(31)20-15-16-32-18-20/h15-16,18-19,21-23H,13-14,17H2,1-12H3,(H,28,30)/t19?,21-,22?,23+/m0/s1. The Morgan fingerprint density at radius 2 is 1.64 bits per heavy atom. The lowest BCUT2D eigenvalue weighted by molar-refractivity contribution is -0.128.